The predicted octanol–water partition coefficient (Wildman–Crippen LogP) is 2.32. The maximum absolute atomic E-state index is 13.5. The highest BCUT2D eigenvalue weighted by atomic mass is 19.1. The maximum Gasteiger partial charge on any atom is 0.224 e. The van der Waals surface area contributed by atoms with E-state index in [1.807, 2.05) is 0 Å². The number of hydrogen-bond donors (Lipinski definition) is 1. The summed E-state index contributed by atoms with van der Waals surface area (Å²) in [6, 6.07) is 6.88. The molecule has 1 saturated heterocycles. The standard InChI is InChI=1S/C15H21FN2O/c1-18(11-12-6-2-3-8-14(12)16)15(19)10-13-7-4-5-9-17-13/h2-3,6,8,13,17H,4-5,7,9-11H2,1H3. The van der Waals surface area contributed by atoms with Gasteiger partial charge in [0.1, 0.15) is 5.82 Å². The molecule has 0 aromatic heterocycles. The quantitative estimate of drug-likeness (QED) is 0.905. The number of nitrogens with one attached hydrogen (secondary N) is 1. The third kappa shape index (κ3) is 4.03. The van der Waals surface area contributed by atoms with E-state index in [4.69, 9.17) is 0 Å². The molecule has 0 spiro atoms. The van der Waals surface area contributed by atoms with Crippen molar-refractivity contribution in [3.8, 4) is 0 Å². The van der Waals surface area contributed by atoms with E-state index in [1.165, 1.54) is 18.9 Å². The highest BCUT2D eigenvalue weighted by Gasteiger charge is 2.19. The number of nitrogens with zero attached hydrogens (tertiary/aromatic N) is 1. The molecule has 0 saturated carbocycles. The first-order valence-electron chi connectivity index (χ1n) is 6.87. The molecule has 1 fully saturated rings. The summed E-state index contributed by atoms with van der Waals surface area (Å²) in [5, 5.41) is 3.36. The Bertz CT molecular complexity index is 430. The van der Waals surface area contributed by atoms with E-state index in [-0.39, 0.29) is 17.8 Å². The molecule has 1 aromatic carbocycles. The highest BCUT2D eigenvalue weighted by molar-refractivity contribution is 5.76. The molecule has 1 N–H and O–H groups in total. The van der Waals surface area contributed by atoms with Crippen LogP contribution in [0, 0.1) is 5.82 Å². The Hall–Kier alpha value is -1.42. The summed E-state index contributed by atoms with van der Waals surface area (Å²) in [6.07, 6.45) is 3.93. The molecule has 1 aliphatic heterocycles. The molecule has 1 aliphatic rings. The van der Waals surface area contributed by atoms with Gasteiger partial charge in [0, 0.05) is 31.6 Å². The zero-order valence-electron chi connectivity index (χ0n) is 11.4. The molecule has 0 aliphatic carbocycles. The van der Waals surface area contributed by atoms with Gasteiger partial charge in [0.25, 0.3) is 0 Å². The Morgan fingerprint density at radius 3 is 2.89 bits per heavy atom. The largest absolute Gasteiger partial charge is 0.341 e. The SMILES string of the molecule is CN(Cc1ccccc1F)C(=O)CC1CCCCN1. The molecule has 4 heteroatoms. The lowest BCUT2D eigenvalue weighted by Gasteiger charge is -2.25. The first-order valence-corrected chi connectivity index (χ1v) is 6.87. The van der Waals surface area contributed by atoms with Crippen LogP contribution < -0.4 is 5.32 Å². The molecule has 19 heavy (non-hydrogen) atoms. The van der Waals surface area contributed by atoms with Gasteiger partial charge in [-0.15, -0.1) is 0 Å². The zero-order valence-corrected chi connectivity index (χ0v) is 11.4. The lowest BCUT2D eigenvalue weighted by molar-refractivity contribution is -0.131. The first kappa shape index (κ1) is 14.0. The van der Waals surface area contributed by atoms with Crippen LogP contribution in [0.25, 0.3) is 0 Å². The number of carbonyl (C=O) groups excluding carboxylic acids is 1. The van der Waals surface area contributed by atoms with Crippen molar-refractivity contribution in [2.45, 2.75) is 38.3 Å². The van der Waals surface area contributed by atoms with Gasteiger partial charge in [-0.3, -0.25) is 4.79 Å². The Balaban J connectivity index is 1.87. The second-order valence-corrected chi connectivity index (χ2v) is 5.19. The average Bonchev–Trinajstić information content (AvgIpc) is 2.42. The Morgan fingerprint density at radius 2 is 2.21 bits per heavy atom. The first-order chi connectivity index (χ1) is 9.16. The average molecular weight is 264 g/mol. The van der Waals surface area contributed by atoms with Crippen LogP contribution in [0.1, 0.15) is 31.2 Å². The fourth-order valence-corrected chi connectivity index (χ4v) is 2.44. The van der Waals surface area contributed by atoms with E-state index in [9.17, 15) is 9.18 Å². The van der Waals surface area contributed by atoms with Crippen molar-refractivity contribution >= 4 is 5.91 Å². The number of halogens is 1. The van der Waals surface area contributed by atoms with Gasteiger partial charge in [-0.2, -0.15) is 0 Å². The van der Waals surface area contributed by atoms with Crippen molar-refractivity contribution in [1.29, 1.82) is 0 Å². The van der Waals surface area contributed by atoms with Gasteiger partial charge in [-0.05, 0) is 25.5 Å². The number of amides is 1. The van der Waals surface area contributed by atoms with Gasteiger partial charge in [0.2, 0.25) is 5.91 Å². The van der Waals surface area contributed by atoms with Crippen LogP contribution in [-0.4, -0.2) is 30.4 Å². The van der Waals surface area contributed by atoms with Crippen molar-refractivity contribution in [3.63, 3.8) is 0 Å². The third-order valence-electron chi connectivity index (χ3n) is 3.62. The summed E-state index contributed by atoms with van der Waals surface area (Å²) in [6.45, 7) is 1.33. The monoisotopic (exact) mass is 264 g/mol. The minimum Gasteiger partial charge on any atom is -0.341 e. The number of carbonyl (C=O) groups is 1. The predicted molar refractivity (Wildman–Crippen MR) is 73.1 cm³/mol. The van der Waals surface area contributed by atoms with Gasteiger partial charge >= 0.3 is 0 Å². The topological polar surface area (TPSA) is 32.3 Å². The van der Waals surface area contributed by atoms with Gasteiger partial charge in [0.05, 0.1) is 0 Å². The Labute approximate surface area is 113 Å². The molecular weight excluding hydrogens is 243 g/mol. The number of hydrogen-bond acceptors (Lipinski definition) is 2. The molecule has 2 rings (SSSR count). The molecule has 3 nitrogen and oxygen atoms in total. The van der Waals surface area contributed by atoms with E-state index < -0.39 is 0 Å². The number of benzene rings is 1. The summed E-state index contributed by atoms with van der Waals surface area (Å²) < 4.78 is 13.5. The molecule has 0 bridgehead atoms. The smallest absolute Gasteiger partial charge is 0.224 e. The van der Waals surface area contributed by atoms with E-state index >= 15 is 0 Å². The van der Waals surface area contributed by atoms with Crippen molar-refractivity contribution < 1.29 is 9.18 Å². The van der Waals surface area contributed by atoms with Crippen LogP contribution in [-0.2, 0) is 11.3 Å². The molecule has 1 heterocycles. The van der Waals surface area contributed by atoms with E-state index in [0.29, 0.717) is 18.5 Å². The summed E-state index contributed by atoms with van der Waals surface area (Å²) in [7, 11) is 1.73. The van der Waals surface area contributed by atoms with Crippen molar-refractivity contribution in [2.24, 2.45) is 0 Å². The molecule has 1 unspecified atom stereocenters. The lowest BCUT2D eigenvalue weighted by atomic mass is 10.0. The van der Waals surface area contributed by atoms with Gasteiger partial charge in [-0.1, -0.05) is 24.6 Å². The summed E-state index contributed by atoms with van der Waals surface area (Å²) >= 11 is 0. The van der Waals surface area contributed by atoms with E-state index in [0.717, 1.165) is 13.0 Å². The number of rotatable bonds is 4. The molecular formula is C15H21FN2O. The molecule has 0 radical (unpaired) electrons. The Morgan fingerprint density at radius 1 is 1.42 bits per heavy atom. The summed E-state index contributed by atoms with van der Waals surface area (Å²) in [5.74, 6) is -0.180. The second-order valence-electron chi connectivity index (χ2n) is 5.19. The maximum atomic E-state index is 13.5. The minimum atomic E-state index is -0.252. The van der Waals surface area contributed by atoms with Gasteiger partial charge < -0.3 is 10.2 Å². The fourth-order valence-electron chi connectivity index (χ4n) is 2.44. The van der Waals surface area contributed by atoms with E-state index in [2.05, 4.69) is 5.32 Å². The van der Waals surface area contributed by atoms with Crippen molar-refractivity contribution in [1.82, 2.24) is 10.2 Å². The van der Waals surface area contributed by atoms with Crippen LogP contribution in [0.2, 0.25) is 0 Å². The normalized spacial score (nSPS) is 19.2. The van der Waals surface area contributed by atoms with Gasteiger partial charge in [-0.25, -0.2) is 4.39 Å². The highest BCUT2D eigenvalue weighted by Crippen LogP contribution is 2.13. The lowest BCUT2D eigenvalue weighted by Crippen LogP contribution is -2.39. The van der Waals surface area contributed by atoms with E-state index in [1.54, 1.807) is 30.1 Å². The minimum absolute atomic E-state index is 0.0719. The van der Waals surface area contributed by atoms with Crippen LogP contribution >= 0.6 is 0 Å². The summed E-state index contributed by atoms with van der Waals surface area (Å²) in [4.78, 5) is 13.7. The van der Waals surface area contributed by atoms with Crippen molar-refractivity contribution in [2.75, 3.05) is 13.6 Å². The van der Waals surface area contributed by atoms with Crippen LogP contribution in [0.4, 0.5) is 4.39 Å². The number of piperidine rings is 1. The summed E-state index contributed by atoms with van der Waals surface area (Å²) in [5.41, 5.74) is 0.565. The molecule has 1 amide bonds. The Kier molecular flexibility index (Phi) is 4.91. The second kappa shape index (κ2) is 6.66. The molecule has 1 atom stereocenters. The van der Waals surface area contributed by atoms with Crippen LogP contribution in [0.15, 0.2) is 24.3 Å². The van der Waals surface area contributed by atoms with Gasteiger partial charge in [0.15, 0.2) is 0 Å². The molecule has 1 aromatic rings. The van der Waals surface area contributed by atoms with Crippen molar-refractivity contribution in [3.05, 3.63) is 35.6 Å². The van der Waals surface area contributed by atoms with Crippen LogP contribution in [0.5, 0.6) is 0 Å². The fraction of sp³-hybridized carbons (Fsp3) is 0.533. The van der Waals surface area contributed by atoms with Crippen LogP contribution in [0.3, 0.4) is 0 Å². The zero-order chi connectivity index (χ0) is 13.7. The third-order valence-corrected chi connectivity index (χ3v) is 3.62. The molecule has 104 valence electrons.